The average Bonchev–Trinajstić information content (AvgIpc) is 2.29. The highest BCUT2D eigenvalue weighted by Gasteiger charge is 2.17. The lowest BCUT2D eigenvalue weighted by molar-refractivity contribution is 0.211. The van der Waals surface area contributed by atoms with Gasteiger partial charge in [0.15, 0.2) is 0 Å². The van der Waals surface area contributed by atoms with Crippen molar-refractivity contribution in [1.29, 1.82) is 0 Å². The monoisotopic (exact) mass is 226 g/mol. The zero-order chi connectivity index (χ0) is 11.8. The quantitative estimate of drug-likeness (QED) is 0.718. The maximum atomic E-state index is 3.79. The van der Waals surface area contributed by atoms with Gasteiger partial charge in [-0.15, -0.1) is 0 Å². The van der Waals surface area contributed by atoms with Crippen LogP contribution in [0.2, 0.25) is 0 Å². The van der Waals surface area contributed by atoms with Gasteiger partial charge in [-0.05, 0) is 58.3 Å². The predicted octanol–water partition coefficient (Wildman–Crippen LogP) is 2.89. The van der Waals surface area contributed by atoms with E-state index in [9.17, 15) is 0 Å². The fourth-order valence-electron chi connectivity index (χ4n) is 2.64. The Hall–Kier alpha value is -0.0800. The maximum absolute atomic E-state index is 3.79. The van der Waals surface area contributed by atoms with Gasteiger partial charge in [0.2, 0.25) is 0 Å². The third-order valence-electron chi connectivity index (χ3n) is 3.81. The molecule has 1 aliphatic rings. The number of hydrogen-bond donors (Lipinski definition) is 1. The van der Waals surface area contributed by atoms with Crippen LogP contribution >= 0.6 is 0 Å². The van der Waals surface area contributed by atoms with Crippen LogP contribution in [0.15, 0.2) is 0 Å². The van der Waals surface area contributed by atoms with Gasteiger partial charge in [-0.2, -0.15) is 0 Å². The molecule has 0 saturated carbocycles. The molecule has 1 N–H and O–H groups in total. The van der Waals surface area contributed by atoms with Crippen molar-refractivity contribution >= 4 is 0 Å². The van der Waals surface area contributed by atoms with E-state index in [1.54, 1.807) is 0 Å². The van der Waals surface area contributed by atoms with E-state index in [0.717, 1.165) is 12.0 Å². The van der Waals surface area contributed by atoms with E-state index in [1.807, 2.05) is 0 Å². The third-order valence-corrected chi connectivity index (χ3v) is 3.81. The number of nitrogens with zero attached hydrogens (tertiary/aromatic N) is 1. The first kappa shape index (κ1) is 14.0. The second-order valence-corrected chi connectivity index (χ2v) is 5.43. The highest BCUT2D eigenvalue weighted by Crippen LogP contribution is 2.15. The Morgan fingerprint density at radius 1 is 1.12 bits per heavy atom. The standard InChI is InChI=1S/C14H30N2/c1-4-6-14(7-5-2)15-12-13-8-10-16(3)11-9-13/h13-15H,4-12H2,1-3H3. The smallest absolute Gasteiger partial charge is 0.00669 e. The molecular weight excluding hydrogens is 196 g/mol. The number of nitrogens with one attached hydrogen (secondary N) is 1. The van der Waals surface area contributed by atoms with Crippen molar-refractivity contribution < 1.29 is 0 Å². The molecule has 0 unspecified atom stereocenters. The van der Waals surface area contributed by atoms with Crippen molar-refractivity contribution in [1.82, 2.24) is 10.2 Å². The van der Waals surface area contributed by atoms with Gasteiger partial charge in [0.1, 0.15) is 0 Å². The highest BCUT2D eigenvalue weighted by atomic mass is 15.1. The van der Waals surface area contributed by atoms with Crippen molar-refractivity contribution in [2.45, 2.75) is 58.4 Å². The Morgan fingerprint density at radius 2 is 1.69 bits per heavy atom. The summed E-state index contributed by atoms with van der Waals surface area (Å²) in [6, 6.07) is 0.773. The molecule has 1 fully saturated rings. The zero-order valence-corrected chi connectivity index (χ0v) is 11.5. The van der Waals surface area contributed by atoms with E-state index >= 15 is 0 Å². The van der Waals surface area contributed by atoms with E-state index in [4.69, 9.17) is 0 Å². The van der Waals surface area contributed by atoms with Gasteiger partial charge in [0.05, 0.1) is 0 Å². The molecule has 0 aromatic carbocycles. The first-order valence-corrected chi connectivity index (χ1v) is 7.18. The Kier molecular flexibility index (Phi) is 7.06. The van der Waals surface area contributed by atoms with E-state index in [-0.39, 0.29) is 0 Å². The summed E-state index contributed by atoms with van der Waals surface area (Å²) >= 11 is 0. The molecule has 16 heavy (non-hydrogen) atoms. The van der Waals surface area contributed by atoms with E-state index in [0.29, 0.717) is 0 Å². The minimum atomic E-state index is 0.773. The summed E-state index contributed by atoms with van der Waals surface area (Å²) in [7, 11) is 2.24. The Labute approximate surface area is 102 Å². The van der Waals surface area contributed by atoms with Crippen molar-refractivity contribution in [3.63, 3.8) is 0 Å². The van der Waals surface area contributed by atoms with Crippen molar-refractivity contribution in [2.24, 2.45) is 5.92 Å². The molecule has 1 aliphatic heterocycles. The van der Waals surface area contributed by atoms with Crippen LogP contribution in [-0.4, -0.2) is 37.6 Å². The summed E-state index contributed by atoms with van der Waals surface area (Å²) in [5, 5.41) is 3.79. The summed E-state index contributed by atoms with van der Waals surface area (Å²) in [6.45, 7) is 8.41. The first-order chi connectivity index (χ1) is 7.76. The second kappa shape index (κ2) is 8.08. The third kappa shape index (κ3) is 5.31. The molecule has 1 rings (SSSR count). The summed E-state index contributed by atoms with van der Waals surface area (Å²) in [6.07, 6.45) is 8.08. The molecule has 0 aromatic rings. The van der Waals surface area contributed by atoms with Crippen LogP contribution in [-0.2, 0) is 0 Å². The van der Waals surface area contributed by atoms with Crippen molar-refractivity contribution in [3.05, 3.63) is 0 Å². The molecule has 0 spiro atoms. The van der Waals surface area contributed by atoms with Crippen molar-refractivity contribution in [3.8, 4) is 0 Å². The largest absolute Gasteiger partial charge is 0.314 e. The molecule has 2 nitrogen and oxygen atoms in total. The van der Waals surface area contributed by atoms with Gasteiger partial charge in [-0.1, -0.05) is 26.7 Å². The van der Waals surface area contributed by atoms with Gasteiger partial charge in [0.25, 0.3) is 0 Å². The van der Waals surface area contributed by atoms with Gasteiger partial charge in [-0.3, -0.25) is 0 Å². The van der Waals surface area contributed by atoms with E-state index in [2.05, 4.69) is 31.1 Å². The van der Waals surface area contributed by atoms with Gasteiger partial charge in [0, 0.05) is 6.04 Å². The minimum absolute atomic E-state index is 0.773. The molecule has 0 atom stereocenters. The summed E-state index contributed by atoms with van der Waals surface area (Å²) in [4.78, 5) is 2.45. The summed E-state index contributed by atoms with van der Waals surface area (Å²) in [5.74, 6) is 0.924. The molecule has 0 amide bonds. The SMILES string of the molecule is CCCC(CCC)NCC1CCN(C)CC1. The van der Waals surface area contributed by atoms with Gasteiger partial charge in [-0.25, -0.2) is 0 Å². The molecule has 2 heteroatoms. The van der Waals surface area contributed by atoms with E-state index in [1.165, 1.54) is 58.2 Å². The summed E-state index contributed by atoms with van der Waals surface area (Å²) < 4.78 is 0. The molecule has 0 aliphatic carbocycles. The topological polar surface area (TPSA) is 15.3 Å². The van der Waals surface area contributed by atoms with Gasteiger partial charge < -0.3 is 10.2 Å². The summed E-state index contributed by atoms with van der Waals surface area (Å²) in [5.41, 5.74) is 0. The zero-order valence-electron chi connectivity index (χ0n) is 11.5. The van der Waals surface area contributed by atoms with E-state index < -0.39 is 0 Å². The predicted molar refractivity (Wildman–Crippen MR) is 71.8 cm³/mol. The van der Waals surface area contributed by atoms with Crippen LogP contribution in [0, 0.1) is 5.92 Å². The highest BCUT2D eigenvalue weighted by molar-refractivity contribution is 4.74. The average molecular weight is 226 g/mol. The lowest BCUT2D eigenvalue weighted by Crippen LogP contribution is -2.38. The number of piperidine rings is 1. The lowest BCUT2D eigenvalue weighted by Gasteiger charge is -2.30. The number of likely N-dealkylation sites (tertiary alicyclic amines) is 1. The molecule has 1 saturated heterocycles. The van der Waals surface area contributed by atoms with Crippen LogP contribution in [0.4, 0.5) is 0 Å². The second-order valence-electron chi connectivity index (χ2n) is 5.43. The van der Waals surface area contributed by atoms with Crippen LogP contribution in [0.1, 0.15) is 52.4 Å². The first-order valence-electron chi connectivity index (χ1n) is 7.18. The molecular formula is C14H30N2. The Morgan fingerprint density at radius 3 is 2.19 bits per heavy atom. The van der Waals surface area contributed by atoms with Crippen LogP contribution in [0.5, 0.6) is 0 Å². The fraction of sp³-hybridized carbons (Fsp3) is 1.00. The number of rotatable bonds is 7. The lowest BCUT2D eigenvalue weighted by atomic mass is 9.96. The minimum Gasteiger partial charge on any atom is -0.314 e. The Balaban J connectivity index is 2.15. The van der Waals surface area contributed by atoms with Crippen LogP contribution in [0.25, 0.3) is 0 Å². The molecule has 1 heterocycles. The Bertz CT molecular complexity index is 156. The maximum Gasteiger partial charge on any atom is 0.00669 e. The fourth-order valence-corrected chi connectivity index (χ4v) is 2.64. The van der Waals surface area contributed by atoms with Crippen LogP contribution in [0.3, 0.4) is 0 Å². The molecule has 0 radical (unpaired) electrons. The van der Waals surface area contributed by atoms with Gasteiger partial charge >= 0.3 is 0 Å². The normalized spacial score (nSPS) is 19.5. The van der Waals surface area contributed by atoms with Crippen molar-refractivity contribution in [2.75, 3.05) is 26.7 Å². The molecule has 0 aromatic heterocycles. The molecule has 0 bridgehead atoms. The number of hydrogen-bond acceptors (Lipinski definition) is 2. The molecule has 96 valence electrons. The van der Waals surface area contributed by atoms with Crippen LogP contribution < -0.4 is 5.32 Å².